The summed E-state index contributed by atoms with van der Waals surface area (Å²) in [4.78, 5) is 26.9. The van der Waals surface area contributed by atoms with Gasteiger partial charge in [0.1, 0.15) is 18.4 Å². The number of likely N-dealkylation sites (N-methyl/N-ethyl adjacent to an activating group) is 1. The fourth-order valence-corrected chi connectivity index (χ4v) is 3.90. The normalized spacial score (nSPS) is 12.2. The largest absolute Gasteiger partial charge is 0.355 e. The van der Waals surface area contributed by atoms with Crippen molar-refractivity contribution in [3.8, 4) is 0 Å². The van der Waals surface area contributed by atoms with Gasteiger partial charge < -0.3 is 10.2 Å². The molecule has 1 unspecified atom stereocenters. The van der Waals surface area contributed by atoms with Crippen LogP contribution in [0.2, 0.25) is 5.02 Å². The van der Waals surface area contributed by atoms with Crippen molar-refractivity contribution in [3.05, 3.63) is 64.9 Å². The molecule has 0 radical (unpaired) electrons. The lowest BCUT2D eigenvalue weighted by Crippen LogP contribution is -2.51. The maximum atomic E-state index is 13.7. The fraction of sp³-hybridized carbons (Fsp3) is 0.333. The van der Waals surface area contributed by atoms with Crippen LogP contribution in [-0.2, 0) is 26.2 Å². The number of halogens is 2. The van der Waals surface area contributed by atoms with Crippen LogP contribution < -0.4 is 9.62 Å². The lowest BCUT2D eigenvalue weighted by molar-refractivity contribution is -0.139. The number of nitrogens with zero attached hydrogens (tertiary/aromatic N) is 2. The molecular formula is C21H25ClFN3O4S. The third-order valence-electron chi connectivity index (χ3n) is 4.56. The van der Waals surface area contributed by atoms with Crippen molar-refractivity contribution in [2.45, 2.75) is 26.4 Å². The molecule has 0 aliphatic rings. The van der Waals surface area contributed by atoms with Gasteiger partial charge in [-0.05, 0) is 49.7 Å². The van der Waals surface area contributed by atoms with Crippen molar-refractivity contribution < 1.29 is 22.4 Å². The zero-order valence-corrected chi connectivity index (χ0v) is 19.1. The number of hydrogen-bond acceptors (Lipinski definition) is 4. The second-order valence-corrected chi connectivity index (χ2v) is 9.31. The zero-order chi connectivity index (χ0) is 23.2. The molecule has 2 rings (SSSR count). The van der Waals surface area contributed by atoms with E-state index >= 15 is 0 Å². The Balaban J connectivity index is 2.37. The van der Waals surface area contributed by atoms with Gasteiger partial charge in [-0.25, -0.2) is 12.8 Å². The highest BCUT2D eigenvalue weighted by molar-refractivity contribution is 7.92. The maximum Gasteiger partial charge on any atom is 0.244 e. The summed E-state index contributed by atoms with van der Waals surface area (Å²) in [5.41, 5.74) is 0.735. The van der Waals surface area contributed by atoms with Crippen molar-refractivity contribution in [2.75, 3.05) is 23.7 Å². The number of carbonyl (C=O) groups is 2. The third kappa shape index (κ3) is 6.93. The first-order valence-electron chi connectivity index (χ1n) is 9.57. The standard InChI is InChI=1S/C21H25ClFN3O4S/c1-4-24-21(28)15(2)25(13-16-8-10-17(22)11-9-16)20(27)14-26(31(3,29)30)19-7-5-6-18(23)12-19/h5-12,15H,4,13-14H2,1-3H3,(H,24,28). The minimum Gasteiger partial charge on any atom is -0.355 e. The van der Waals surface area contributed by atoms with E-state index in [1.54, 1.807) is 38.1 Å². The molecule has 10 heteroatoms. The average molecular weight is 470 g/mol. The van der Waals surface area contributed by atoms with Crippen LogP contribution in [0.1, 0.15) is 19.4 Å². The summed E-state index contributed by atoms with van der Waals surface area (Å²) < 4.78 is 39.2. The van der Waals surface area contributed by atoms with Gasteiger partial charge in [0.25, 0.3) is 0 Å². The van der Waals surface area contributed by atoms with E-state index in [0.717, 1.165) is 16.6 Å². The summed E-state index contributed by atoms with van der Waals surface area (Å²) in [6.07, 6.45) is 0.932. The van der Waals surface area contributed by atoms with E-state index < -0.39 is 34.3 Å². The van der Waals surface area contributed by atoms with Crippen LogP contribution in [0.25, 0.3) is 0 Å². The number of hydrogen-bond donors (Lipinski definition) is 1. The Kier molecular flexibility index (Phi) is 8.41. The second kappa shape index (κ2) is 10.6. The molecule has 168 valence electrons. The molecule has 2 aromatic carbocycles. The molecule has 2 aromatic rings. The Morgan fingerprint density at radius 1 is 1.16 bits per heavy atom. The number of sulfonamides is 1. The van der Waals surface area contributed by atoms with Gasteiger partial charge in [-0.3, -0.25) is 13.9 Å². The van der Waals surface area contributed by atoms with Crippen LogP contribution in [-0.4, -0.2) is 50.5 Å². The predicted molar refractivity (Wildman–Crippen MR) is 119 cm³/mol. The van der Waals surface area contributed by atoms with Crippen molar-refractivity contribution in [3.63, 3.8) is 0 Å². The van der Waals surface area contributed by atoms with Crippen LogP contribution >= 0.6 is 11.6 Å². The highest BCUT2D eigenvalue weighted by Crippen LogP contribution is 2.20. The van der Waals surface area contributed by atoms with Gasteiger partial charge in [0.05, 0.1) is 11.9 Å². The highest BCUT2D eigenvalue weighted by Gasteiger charge is 2.30. The molecule has 0 saturated heterocycles. The summed E-state index contributed by atoms with van der Waals surface area (Å²) in [6, 6.07) is 10.8. The molecular weight excluding hydrogens is 445 g/mol. The molecule has 31 heavy (non-hydrogen) atoms. The van der Waals surface area contributed by atoms with Crippen molar-refractivity contribution >= 4 is 39.1 Å². The monoisotopic (exact) mass is 469 g/mol. The van der Waals surface area contributed by atoms with Crippen molar-refractivity contribution in [2.24, 2.45) is 0 Å². The predicted octanol–water partition coefficient (Wildman–Crippen LogP) is 2.80. The first-order chi connectivity index (χ1) is 14.5. The molecule has 0 aliphatic carbocycles. The molecule has 0 spiro atoms. The fourth-order valence-electron chi connectivity index (χ4n) is 2.94. The second-order valence-electron chi connectivity index (χ2n) is 6.97. The van der Waals surface area contributed by atoms with Crippen LogP contribution in [0.5, 0.6) is 0 Å². The van der Waals surface area contributed by atoms with E-state index in [1.807, 2.05) is 0 Å². The Morgan fingerprint density at radius 3 is 2.35 bits per heavy atom. The van der Waals surface area contributed by atoms with E-state index in [9.17, 15) is 22.4 Å². The SMILES string of the molecule is CCNC(=O)C(C)N(Cc1ccc(Cl)cc1)C(=O)CN(c1cccc(F)c1)S(C)(=O)=O. The van der Waals surface area contributed by atoms with E-state index in [2.05, 4.69) is 5.32 Å². The summed E-state index contributed by atoms with van der Waals surface area (Å²) in [5.74, 6) is -1.61. The third-order valence-corrected chi connectivity index (χ3v) is 5.95. The maximum absolute atomic E-state index is 13.7. The van der Waals surface area contributed by atoms with Gasteiger partial charge in [-0.2, -0.15) is 0 Å². The lowest BCUT2D eigenvalue weighted by Gasteiger charge is -2.31. The highest BCUT2D eigenvalue weighted by atomic mass is 35.5. The Labute approximate surface area is 186 Å². The number of carbonyl (C=O) groups excluding carboxylic acids is 2. The molecule has 2 amide bonds. The van der Waals surface area contributed by atoms with E-state index in [1.165, 1.54) is 23.1 Å². The van der Waals surface area contributed by atoms with E-state index in [0.29, 0.717) is 17.1 Å². The molecule has 7 nitrogen and oxygen atoms in total. The van der Waals surface area contributed by atoms with Crippen molar-refractivity contribution in [1.82, 2.24) is 10.2 Å². The number of amides is 2. The Morgan fingerprint density at radius 2 is 1.81 bits per heavy atom. The minimum atomic E-state index is -3.90. The number of rotatable bonds is 9. The molecule has 0 saturated carbocycles. The summed E-state index contributed by atoms with van der Waals surface area (Å²) >= 11 is 5.92. The first kappa shape index (κ1) is 24.6. The van der Waals surface area contributed by atoms with Crippen LogP contribution in [0.3, 0.4) is 0 Å². The van der Waals surface area contributed by atoms with Crippen LogP contribution in [0.15, 0.2) is 48.5 Å². The smallest absolute Gasteiger partial charge is 0.244 e. The summed E-state index contributed by atoms with van der Waals surface area (Å²) in [6.45, 7) is 3.18. The quantitative estimate of drug-likeness (QED) is 0.611. The van der Waals surface area contributed by atoms with Gasteiger partial charge in [-0.1, -0.05) is 29.8 Å². The molecule has 0 aliphatic heterocycles. The average Bonchev–Trinajstić information content (AvgIpc) is 2.70. The first-order valence-corrected chi connectivity index (χ1v) is 11.8. The molecule has 1 atom stereocenters. The van der Waals surface area contributed by atoms with E-state index in [4.69, 9.17) is 11.6 Å². The summed E-state index contributed by atoms with van der Waals surface area (Å²) in [5, 5.41) is 3.18. The lowest BCUT2D eigenvalue weighted by atomic mass is 10.1. The number of nitrogens with one attached hydrogen (secondary N) is 1. The number of anilines is 1. The van der Waals surface area contributed by atoms with Gasteiger partial charge >= 0.3 is 0 Å². The topological polar surface area (TPSA) is 86.8 Å². The van der Waals surface area contributed by atoms with Crippen LogP contribution in [0, 0.1) is 5.82 Å². The van der Waals surface area contributed by atoms with Crippen LogP contribution in [0.4, 0.5) is 10.1 Å². The van der Waals surface area contributed by atoms with Crippen molar-refractivity contribution in [1.29, 1.82) is 0 Å². The van der Waals surface area contributed by atoms with Gasteiger partial charge in [0.2, 0.25) is 21.8 Å². The Hall–Kier alpha value is -2.65. The van der Waals surface area contributed by atoms with Gasteiger partial charge in [0, 0.05) is 18.1 Å². The number of benzene rings is 2. The molecule has 1 N–H and O–H groups in total. The molecule has 0 bridgehead atoms. The minimum absolute atomic E-state index is 0.0213. The zero-order valence-electron chi connectivity index (χ0n) is 17.5. The summed E-state index contributed by atoms with van der Waals surface area (Å²) in [7, 11) is -3.90. The van der Waals surface area contributed by atoms with E-state index in [-0.39, 0.29) is 18.1 Å². The van der Waals surface area contributed by atoms with Gasteiger partial charge in [0.15, 0.2) is 0 Å². The Bertz CT molecular complexity index is 1030. The molecule has 0 heterocycles. The molecule has 0 fully saturated rings. The molecule has 0 aromatic heterocycles. The van der Waals surface area contributed by atoms with Gasteiger partial charge in [-0.15, -0.1) is 0 Å².